The Kier molecular flexibility index (Phi) is 9.32. The molecule has 0 spiro atoms. The summed E-state index contributed by atoms with van der Waals surface area (Å²) in [6, 6.07) is 0. The summed E-state index contributed by atoms with van der Waals surface area (Å²) >= 11 is 0. The van der Waals surface area contributed by atoms with E-state index in [1.807, 2.05) is 6.92 Å². The fourth-order valence-electron chi connectivity index (χ4n) is 1.22. The van der Waals surface area contributed by atoms with Crippen LogP contribution in [0.1, 0.15) is 33.1 Å². The molecule has 0 aromatic carbocycles. The highest BCUT2D eigenvalue weighted by molar-refractivity contribution is 6.41. The lowest BCUT2D eigenvalue weighted by atomic mass is 10.2. The first kappa shape index (κ1) is 14.3. The van der Waals surface area contributed by atoms with Gasteiger partial charge in [0.25, 0.3) is 0 Å². The summed E-state index contributed by atoms with van der Waals surface area (Å²) in [6.45, 7) is 7.12. The van der Waals surface area contributed by atoms with Crippen molar-refractivity contribution in [3.05, 3.63) is 0 Å². The van der Waals surface area contributed by atoms with E-state index in [0.29, 0.717) is 13.1 Å². The Morgan fingerprint density at radius 3 is 2.00 bits per heavy atom. The molecule has 0 radical (unpaired) electrons. The van der Waals surface area contributed by atoms with Gasteiger partial charge in [0.2, 0.25) is 0 Å². The SMILES string of the molecule is CCC(=NCCCN)C(C)=NCCCN. The number of nitrogens with two attached hydrogens (primary N) is 2. The molecule has 0 atom stereocenters. The van der Waals surface area contributed by atoms with E-state index in [1.165, 1.54) is 0 Å². The zero-order valence-electron chi connectivity index (χ0n) is 10.00. The lowest BCUT2D eigenvalue weighted by Crippen LogP contribution is -2.12. The molecule has 0 aromatic heterocycles. The molecule has 0 aromatic rings. The zero-order chi connectivity index (χ0) is 11.5. The summed E-state index contributed by atoms with van der Waals surface area (Å²) in [7, 11) is 0. The molecule has 0 bridgehead atoms. The van der Waals surface area contributed by atoms with Crippen molar-refractivity contribution in [3.63, 3.8) is 0 Å². The number of rotatable bonds is 8. The standard InChI is InChI=1S/C11H24N4/c1-3-11(15-9-5-7-13)10(2)14-8-4-6-12/h3-9,12-13H2,1-2H3. The van der Waals surface area contributed by atoms with Gasteiger partial charge in [0.1, 0.15) is 0 Å². The fourth-order valence-corrected chi connectivity index (χ4v) is 1.22. The van der Waals surface area contributed by atoms with Crippen molar-refractivity contribution in [2.45, 2.75) is 33.1 Å². The van der Waals surface area contributed by atoms with Gasteiger partial charge in [-0.3, -0.25) is 9.98 Å². The van der Waals surface area contributed by atoms with E-state index in [4.69, 9.17) is 11.5 Å². The van der Waals surface area contributed by atoms with Crippen LogP contribution in [-0.2, 0) is 0 Å². The lowest BCUT2D eigenvalue weighted by molar-refractivity contribution is 0.839. The maximum absolute atomic E-state index is 5.42. The number of hydrogen-bond acceptors (Lipinski definition) is 4. The molecule has 0 saturated heterocycles. The van der Waals surface area contributed by atoms with Gasteiger partial charge in [0, 0.05) is 13.1 Å². The van der Waals surface area contributed by atoms with Crippen LogP contribution in [0.3, 0.4) is 0 Å². The van der Waals surface area contributed by atoms with E-state index in [9.17, 15) is 0 Å². The first-order valence-electron chi connectivity index (χ1n) is 5.71. The molecule has 0 unspecified atom stereocenters. The molecule has 4 heteroatoms. The Balaban J connectivity index is 4.13. The summed E-state index contributed by atoms with van der Waals surface area (Å²) in [4.78, 5) is 8.92. The Bertz CT molecular complexity index is 209. The zero-order valence-corrected chi connectivity index (χ0v) is 10.00. The summed E-state index contributed by atoms with van der Waals surface area (Å²) in [5, 5.41) is 0. The van der Waals surface area contributed by atoms with Crippen LogP contribution in [0.25, 0.3) is 0 Å². The predicted octanol–water partition coefficient (Wildman–Crippen LogP) is 0.996. The molecule has 4 N–H and O–H groups in total. The minimum absolute atomic E-state index is 0.697. The normalized spacial score (nSPS) is 13.3. The van der Waals surface area contributed by atoms with Gasteiger partial charge in [0.05, 0.1) is 11.4 Å². The molecule has 15 heavy (non-hydrogen) atoms. The summed E-state index contributed by atoms with van der Waals surface area (Å²) in [5.74, 6) is 0. The molecule has 0 rings (SSSR count). The molecular formula is C11H24N4. The number of aliphatic imine (C=N–C) groups is 2. The van der Waals surface area contributed by atoms with Crippen molar-refractivity contribution in [1.82, 2.24) is 0 Å². The quantitative estimate of drug-likeness (QED) is 0.465. The molecule has 88 valence electrons. The second kappa shape index (κ2) is 9.80. The van der Waals surface area contributed by atoms with Crippen LogP contribution in [-0.4, -0.2) is 37.6 Å². The van der Waals surface area contributed by atoms with Gasteiger partial charge in [-0.2, -0.15) is 0 Å². The summed E-state index contributed by atoms with van der Waals surface area (Å²) < 4.78 is 0. The third-order valence-corrected chi connectivity index (χ3v) is 2.13. The smallest absolute Gasteiger partial charge is 0.0552 e. The molecular weight excluding hydrogens is 188 g/mol. The minimum atomic E-state index is 0.697. The summed E-state index contributed by atoms with van der Waals surface area (Å²) in [6.07, 6.45) is 2.82. The van der Waals surface area contributed by atoms with Crippen molar-refractivity contribution in [1.29, 1.82) is 0 Å². The minimum Gasteiger partial charge on any atom is -0.330 e. The third kappa shape index (κ3) is 7.22. The monoisotopic (exact) mass is 212 g/mol. The van der Waals surface area contributed by atoms with Gasteiger partial charge in [0.15, 0.2) is 0 Å². The molecule has 0 amide bonds. The average molecular weight is 212 g/mol. The highest BCUT2D eigenvalue weighted by Crippen LogP contribution is 1.94. The van der Waals surface area contributed by atoms with Crippen LogP contribution in [0.5, 0.6) is 0 Å². The highest BCUT2D eigenvalue weighted by atomic mass is 14.8. The van der Waals surface area contributed by atoms with E-state index in [-0.39, 0.29) is 0 Å². The topological polar surface area (TPSA) is 76.8 Å². The van der Waals surface area contributed by atoms with Crippen LogP contribution in [0.4, 0.5) is 0 Å². The third-order valence-electron chi connectivity index (χ3n) is 2.13. The van der Waals surface area contributed by atoms with Crippen molar-refractivity contribution < 1.29 is 0 Å². The van der Waals surface area contributed by atoms with Gasteiger partial charge in [-0.05, 0) is 39.3 Å². The Morgan fingerprint density at radius 1 is 1.00 bits per heavy atom. The molecule has 0 saturated carbocycles. The second-order valence-electron chi connectivity index (χ2n) is 3.43. The molecule has 0 heterocycles. The van der Waals surface area contributed by atoms with Crippen LogP contribution in [0.2, 0.25) is 0 Å². The van der Waals surface area contributed by atoms with E-state index in [2.05, 4.69) is 16.9 Å². The fraction of sp³-hybridized carbons (Fsp3) is 0.818. The average Bonchev–Trinajstić information content (AvgIpc) is 2.24. The van der Waals surface area contributed by atoms with Crippen LogP contribution >= 0.6 is 0 Å². The van der Waals surface area contributed by atoms with E-state index < -0.39 is 0 Å². The van der Waals surface area contributed by atoms with Gasteiger partial charge in [-0.1, -0.05) is 6.92 Å². The van der Waals surface area contributed by atoms with Crippen molar-refractivity contribution in [3.8, 4) is 0 Å². The number of nitrogens with zero attached hydrogens (tertiary/aromatic N) is 2. The van der Waals surface area contributed by atoms with Crippen molar-refractivity contribution in [2.24, 2.45) is 21.5 Å². The van der Waals surface area contributed by atoms with Gasteiger partial charge in [-0.25, -0.2) is 0 Å². The van der Waals surface area contributed by atoms with E-state index >= 15 is 0 Å². The van der Waals surface area contributed by atoms with Crippen LogP contribution < -0.4 is 11.5 Å². The van der Waals surface area contributed by atoms with Crippen LogP contribution in [0, 0.1) is 0 Å². The predicted molar refractivity (Wildman–Crippen MR) is 67.9 cm³/mol. The Morgan fingerprint density at radius 2 is 1.53 bits per heavy atom. The molecule has 0 fully saturated rings. The molecule has 0 aliphatic carbocycles. The lowest BCUT2D eigenvalue weighted by Gasteiger charge is -2.03. The summed E-state index contributed by atoms with van der Waals surface area (Å²) in [5.41, 5.74) is 13.0. The van der Waals surface area contributed by atoms with Gasteiger partial charge < -0.3 is 11.5 Å². The van der Waals surface area contributed by atoms with E-state index in [0.717, 1.165) is 43.8 Å². The van der Waals surface area contributed by atoms with Gasteiger partial charge in [-0.15, -0.1) is 0 Å². The Hall–Kier alpha value is -0.740. The van der Waals surface area contributed by atoms with Crippen molar-refractivity contribution in [2.75, 3.05) is 26.2 Å². The van der Waals surface area contributed by atoms with Crippen LogP contribution in [0.15, 0.2) is 9.98 Å². The first-order valence-corrected chi connectivity index (χ1v) is 5.71. The van der Waals surface area contributed by atoms with E-state index in [1.54, 1.807) is 0 Å². The second-order valence-corrected chi connectivity index (χ2v) is 3.43. The molecule has 0 aliphatic heterocycles. The first-order chi connectivity index (χ1) is 7.26. The maximum atomic E-state index is 5.42. The largest absolute Gasteiger partial charge is 0.330 e. The highest BCUT2D eigenvalue weighted by Gasteiger charge is 1.99. The van der Waals surface area contributed by atoms with Gasteiger partial charge >= 0.3 is 0 Å². The molecule has 0 aliphatic rings. The van der Waals surface area contributed by atoms with Crippen molar-refractivity contribution >= 4 is 11.4 Å². The number of hydrogen-bond donors (Lipinski definition) is 2. The maximum Gasteiger partial charge on any atom is 0.0552 e. The molecule has 4 nitrogen and oxygen atoms in total. The Labute approximate surface area is 92.9 Å².